The molecule has 3 fully saturated rings. The molecule has 5 atom stereocenters. The van der Waals surface area contributed by atoms with E-state index in [9.17, 15) is 32.4 Å². The lowest BCUT2D eigenvalue weighted by atomic mass is 10.1. The highest BCUT2D eigenvalue weighted by atomic mass is 32.2. The monoisotopic (exact) mass is 767 g/mol. The summed E-state index contributed by atoms with van der Waals surface area (Å²) in [6.45, 7) is 12.1. The van der Waals surface area contributed by atoms with Crippen LogP contribution in [0.25, 0.3) is 10.8 Å². The van der Waals surface area contributed by atoms with Crippen molar-refractivity contribution in [2.45, 2.75) is 108 Å². The highest BCUT2D eigenvalue weighted by Gasteiger charge is 2.62. The minimum absolute atomic E-state index is 0.0493. The van der Waals surface area contributed by atoms with Gasteiger partial charge < -0.3 is 29.7 Å². The van der Waals surface area contributed by atoms with Crippen molar-refractivity contribution < 1.29 is 46.6 Å². The fourth-order valence-electron chi connectivity index (χ4n) is 6.48. The highest BCUT2D eigenvalue weighted by Crippen LogP contribution is 2.45. The first-order chi connectivity index (χ1) is 25.4. The van der Waals surface area contributed by atoms with Gasteiger partial charge in [-0.25, -0.2) is 18.2 Å². The zero-order valence-corrected chi connectivity index (χ0v) is 32.3. The second kappa shape index (κ2) is 15.8. The highest BCUT2D eigenvalue weighted by molar-refractivity contribution is 7.91. The third kappa shape index (κ3) is 9.56. The number of pyridine rings is 1. The Hall–Kier alpha value is -4.99. The van der Waals surface area contributed by atoms with E-state index in [1.807, 2.05) is 6.07 Å². The summed E-state index contributed by atoms with van der Waals surface area (Å²) >= 11 is 0. The molecule has 54 heavy (non-hydrogen) atoms. The van der Waals surface area contributed by atoms with Crippen molar-refractivity contribution in [3.8, 4) is 11.6 Å². The lowest BCUT2D eigenvalue weighted by Crippen LogP contribution is -2.58. The molecule has 0 radical (unpaired) electrons. The number of fused-ring (bicyclic) bond motifs is 1. The van der Waals surface area contributed by atoms with E-state index < -0.39 is 74.3 Å². The number of methoxy groups -OCH3 is 1. The second-order valence-electron chi connectivity index (χ2n) is 15.3. The Balaban J connectivity index is 1.46. The van der Waals surface area contributed by atoms with Crippen LogP contribution < -0.4 is 24.8 Å². The number of amides is 4. The van der Waals surface area contributed by atoms with Crippen LogP contribution in [-0.4, -0.2) is 96.1 Å². The number of sulfonamides is 1. The molecule has 1 saturated heterocycles. The number of carbonyl (C=O) groups is 5. The van der Waals surface area contributed by atoms with Crippen LogP contribution in [0.1, 0.15) is 73.1 Å². The quantitative estimate of drug-likeness (QED) is 0.177. The van der Waals surface area contributed by atoms with Crippen molar-refractivity contribution in [2.75, 3.05) is 13.7 Å². The van der Waals surface area contributed by atoms with E-state index >= 15 is 0 Å². The standard InChI is InChI=1S/C38H49N5O10S/c1-8-24-20-38(24,35(47)42-54(49,50)28-12-13-28)41-32(45)31-19-27(52-33-29-18-26(51-7)11-9-23(29)15-16-39-33)21-43(31)34(46)30(14-10-25(44)17-22(2)3)40-36(48)53-37(4,5)6/h8-9,11,15-18,24,27-28,30-31H,1,10,12-14,19-21H2,2-7H3,(H,40,48)(H,41,45)(H,42,47)/t24?,27-,30+,31+,38-/m1/s1. The van der Waals surface area contributed by atoms with Gasteiger partial charge in [0.15, 0.2) is 5.78 Å². The maximum absolute atomic E-state index is 14.5. The topological polar surface area (TPSA) is 199 Å². The minimum atomic E-state index is -3.93. The molecule has 2 heterocycles. The fourth-order valence-corrected chi connectivity index (χ4v) is 7.85. The summed E-state index contributed by atoms with van der Waals surface area (Å²) in [5.74, 6) is -2.33. The minimum Gasteiger partial charge on any atom is -0.497 e. The predicted molar refractivity (Wildman–Crippen MR) is 199 cm³/mol. The lowest BCUT2D eigenvalue weighted by Gasteiger charge is -2.30. The Bertz CT molecular complexity index is 1970. The van der Waals surface area contributed by atoms with Gasteiger partial charge >= 0.3 is 6.09 Å². The van der Waals surface area contributed by atoms with Crippen LogP contribution in [0.15, 0.2) is 54.8 Å². The summed E-state index contributed by atoms with van der Waals surface area (Å²) in [6, 6.07) is 4.66. The molecular weight excluding hydrogens is 719 g/mol. The van der Waals surface area contributed by atoms with Crippen LogP contribution in [0.5, 0.6) is 11.6 Å². The van der Waals surface area contributed by atoms with Crippen molar-refractivity contribution in [1.29, 1.82) is 0 Å². The number of carbonyl (C=O) groups excluding carboxylic acids is 5. The van der Waals surface area contributed by atoms with Crippen molar-refractivity contribution in [3.63, 3.8) is 0 Å². The first kappa shape index (κ1) is 40.2. The van der Waals surface area contributed by atoms with Crippen LogP contribution in [0.4, 0.5) is 4.79 Å². The zero-order chi connectivity index (χ0) is 39.6. The number of hydrogen-bond donors (Lipinski definition) is 3. The molecule has 0 bridgehead atoms. The molecule has 2 aliphatic carbocycles. The number of ketones is 1. The maximum atomic E-state index is 14.5. The van der Waals surface area contributed by atoms with Crippen molar-refractivity contribution in [2.24, 2.45) is 5.92 Å². The third-order valence-electron chi connectivity index (χ3n) is 9.43. The van der Waals surface area contributed by atoms with E-state index in [-0.39, 0.29) is 43.9 Å². The Morgan fingerprint density at radius 2 is 1.85 bits per heavy atom. The average molecular weight is 768 g/mol. The SMILES string of the molecule is C=CC1C[C@]1(NC(=O)[C@@H]1C[C@@H](Oc2nccc3ccc(OC)cc23)CN1C(=O)[C@H](CCC(=O)C=C(C)C)NC(=O)OC(C)(C)C)C(=O)NS(=O)(=O)C1CC1. The normalized spacial score (nSPS) is 22.7. The molecule has 16 heteroatoms. The Morgan fingerprint density at radius 3 is 2.46 bits per heavy atom. The van der Waals surface area contributed by atoms with Crippen LogP contribution in [-0.2, 0) is 33.9 Å². The number of benzene rings is 1. The van der Waals surface area contributed by atoms with E-state index in [2.05, 4.69) is 26.9 Å². The number of likely N-dealkylation sites (tertiary alicyclic amines) is 1. The zero-order valence-electron chi connectivity index (χ0n) is 31.5. The van der Waals surface area contributed by atoms with E-state index in [1.54, 1.807) is 59.0 Å². The van der Waals surface area contributed by atoms with Gasteiger partial charge in [0.25, 0.3) is 5.91 Å². The van der Waals surface area contributed by atoms with Crippen molar-refractivity contribution in [1.82, 2.24) is 25.2 Å². The third-order valence-corrected chi connectivity index (χ3v) is 11.2. The number of nitrogens with zero attached hydrogens (tertiary/aromatic N) is 2. The van der Waals surface area contributed by atoms with Crippen LogP contribution in [0.2, 0.25) is 0 Å². The summed E-state index contributed by atoms with van der Waals surface area (Å²) in [5.41, 5.74) is -1.74. The van der Waals surface area contributed by atoms with Gasteiger partial charge in [-0.15, -0.1) is 6.58 Å². The number of aromatic nitrogens is 1. The van der Waals surface area contributed by atoms with Gasteiger partial charge in [0.05, 0.1) is 18.9 Å². The molecule has 2 saturated carbocycles. The number of ether oxygens (including phenoxy) is 3. The molecule has 1 aromatic carbocycles. The molecule has 5 rings (SSSR count). The number of rotatable bonds is 15. The van der Waals surface area contributed by atoms with Gasteiger partial charge in [-0.1, -0.05) is 17.7 Å². The van der Waals surface area contributed by atoms with Crippen LogP contribution >= 0.6 is 0 Å². The van der Waals surface area contributed by atoms with E-state index in [1.165, 1.54) is 24.2 Å². The van der Waals surface area contributed by atoms with Crippen LogP contribution in [0, 0.1) is 5.92 Å². The van der Waals surface area contributed by atoms with Gasteiger partial charge in [0, 0.05) is 30.3 Å². The number of hydrogen-bond acceptors (Lipinski definition) is 11. The number of alkyl carbamates (subject to hydrolysis) is 1. The fraction of sp³-hybridized carbons (Fsp3) is 0.526. The van der Waals surface area contributed by atoms with E-state index in [4.69, 9.17) is 14.2 Å². The van der Waals surface area contributed by atoms with Gasteiger partial charge in [-0.3, -0.25) is 23.9 Å². The number of nitrogens with one attached hydrogen (secondary N) is 3. The summed E-state index contributed by atoms with van der Waals surface area (Å²) in [7, 11) is -2.40. The molecule has 1 aromatic heterocycles. The largest absolute Gasteiger partial charge is 0.497 e. The van der Waals surface area contributed by atoms with Gasteiger partial charge in [-0.2, -0.15) is 0 Å². The number of allylic oxidation sites excluding steroid dienone is 2. The molecule has 3 aliphatic rings. The molecule has 3 N–H and O–H groups in total. The molecule has 2 aromatic rings. The summed E-state index contributed by atoms with van der Waals surface area (Å²) in [4.78, 5) is 73.6. The van der Waals surface area contributed by atoms with E-state index in [0.29, 0.717) is 24.0 Å². The second-order valence-corrected chi connectivity index (χ2v) is 17.3. The molecule has 15 nitrogen and oxygen atoms in total. The van der Waals surface area contributed by atoms with Crippen molar-refractivity contribution >= 4 is 50.4 Å². The lowest BCUT2D eigenvalue weighted by molar-refractivity contribution is -0.141. The molecule has 1 aliphatic heterocycles. The molecule has 292 valence electrons. The summed E-state index contributed by atoms with van der Waals surface area (Å²) in [5, 5.41) is 6.10. The Morgan fingerprint density at radius 1 is 1.13 bits per heavy atom. The molecule has 4 amide bonds. The van der Waals surface area contributed by atoms with E-state index in [0.717, 1.165) is 11.0 Å². The first-order valence-electron chi connectivity index (χ1n) is 17.9. The average Bonchev–Trinajstić information content (AvgIpc) is 4.02. The Labute approximate surface area is 315 Å². The maximum Gasteiger partial charge on any atom is 0.408 e. The molecular formula is C38H49N5O10S. The van der Waals surface area contributed by atoms with Gasteiger partial charge in [-0.05, 0) is 90.0 Å². The Kier molecular flexibility index (Phi) is 11.7. The van der Waals surface area contributed by atoms with Gasteiger partial charge in [0.2, 0.25) is 27.7 Å². The van der Waals surface area contributed by atoms with Gasteiger partial charge in [0.1, 0.15) is 35.1 Å². The predicted octanol–water partition coefficient (Wildman–Crippen LogP) is 3.47. The summed E-state index contributed by atoms with van der Waals surface area (Å²) in [6.07, 6.45) is 3.52. The summed E-state index contributed by atoms with van der Waals surface area (Å²) < 4.78 is 44.7. The van der Waals surface area contributed by atoms with Crippen molar-refractivity contribution in [3.05, 3.63) is 54.8 Å². The molecule has 1 unspecified atom stereocenters. The first-order valence-corrected chi connectivity index (χ1v) is 19.5. The van der Waals surface area contributed by atoms with Crippen LogP contribution in [0.3, 0.4) is 0 Å². The molecule has 0 spiro atoms. The smallest absolute Gasteiger partial charge is 0.408 e.